The molecule has 0 bridgehead atoms. The van der Waals surface area contributed by atoms with Gasteiger partial charge >= 0.3 is 10.2 Å². The number of nitrogens with zero attached hydrogens (tertiary/aromatic N) is 2. The quantitative estimate of drug-likeness (QED) is 0.887. The maximum absolute atomic E-state index is 12.8. The second kappa shape index (κ2) is 6.64. The molecule has 1 saturated heterocycles. The van der Waals surface area contributed by atoms with Crippen molar-refractivity contribution in [3.05, 3.63) is 24.3 Å². The summed E-state index contributed by atoms with van der Waals surface area (Å²) >= 11 is 0. The predicted octanol–water partition coefficient (Wildman–Crippen LogP) is 1.22. The molecule has 7 heteroatoms. The summed E-state index contributed by atoms with van der Waals surface area (Å²) in [7, 11) is -0.662. The van der Waals surface area contributed by atoms with Gasteiger partial charge in [-0.05, 0) is 25.0 Å². The van der Waals surface area contributed by atoms with Crippen LogP contribution in [0.25, 0.3) is 0 Å². The van der Waals surface area contributed by atoms with Crippen LogP contribution >= 0.6 is 0 Å². The number of aliphatic hydroxyl groups is 1. The van der Waals surface area contributed by atoms with Crippen LogP contribution in [0.4, 0.5) is 5.69 Å². The van der Waals surface area contributed by atoms with Crippen molar-refractivity contribution in [2.45, 2.75) is 25.3 Å². The molecule has 118 valence electrons. The van der Waals surface area contributed by atoms with E-state index in [2.05, 4.69) is 0 Å². The molecule has 1 aliphatic rings. The van der Waals surface area contributed by atoms with Gasteiger partial charge in [-0.15, -0.1) is 0 Å². The number of para-hydroxylation sites is 2. The average molecular weight is 314 g/mol. The third-order valence-electron chi connectivity index (χ3n) is 3.85. The third kappa shape index (κ3) is 3.14. The first kappa shape index (κ1) is 16.1. The van der Waals surface area contributed by atoms with Gasteiger partial charge in [-0.1, -0.05) is 18.6 Å². The zero-order valence-corrected chi connectivity index (χ0v) is 13.2. The van der Waals surface area contributed by atoms with Gasteiger partial charge in [0.15, 0.2) is 0 Å². The van der Waals surface area contributed by atoms with Gasteiger partial charge < -0.3 is 9.84 Å². The van der Waals surface area contributed by atoms with E-state index in [9.17, 15) is 13.5 Å². The highest BCUT2D eigenvalue weighted by Crippen LogP contribution is 2.31. The highest BCUT2D eigenvalue weighted by Gasteiger charge is 2.35. The van der Waals surface area contributed by atoms with Gasteiger partial charge in [0.05, 0.1) is 19.4 Å². The summed E-state index contributed by atoms with van der Waals surface area (Å²) in [6.07, 6.45) is 2.45. The molecule has 1 heterocycles. The molecule has 0 aliphatic carbocycles. The van der Waals surface area contributed by atoms with E-state index in [0.29, 0.717) is 24.4 Å². The molecule has 1 fully saturated rings. The number of anilines is 1. The van der Waals surface area contributed by atoms with Crippen molar-refractivity contribution in [3.8, 4) is 5.75 Å². The van der Waals surface area contributed by atoms with E-state index < -0.39 is 10.2 Å². The number of hydrogen-bond donors (Lipinski definition) is 1. The molecule has 0 amide bonds. The van der Waals surface area contributed by atoms with E-state index in [4.69, 9.17) is 4.74 Å². The van der Waals surface area contributed by atoms with Crippen LogP contribution in [-0.2, 0) is 10.2 Å². The molecular weight excluding hydrogens is 292 g/mol. The number of ether oxygens (including phenoxy) is 1. The molecule has 1 unspecified atom stereocenters. The summed E-state index contributed by atoms with van der Waals surface area (Å²) in [5, 5.41) is 9.43. The SMILES string of the molecule is COc1ccccc1N(C)S(=O)(=O)N1CCCCC1CO. The number of methoxy groups -OCH3 is 1. The van der Waals surface area contributed by atoms with Crippen molar-refractivity contribution < 1.29 is 18.3 Å². The Morgan fingerprint density at radius 1 is 1.38 bits per heavy atom. The summed E-state index contributed by atoms with van der Waals surface area (Å²) in [6, 6.07) is 6.64. The van der Waals surface area contributed by atoms with Crippen LogP contribution in [0.5, 0.6) is 5.75 Å². The minimum Gasteiger partial charge on any atom is -0.495 e. The molecule has 0 aromatic heterocycles. The molecule has 1 aromatic carbocycles. The first-order valence-corrected chi connectivity index (χ1v) is 8.41. The van der Waals surface area contributed by atoms with Gasteiger partial charge in [0.1, 0.15) is 5.75 Å². The first-order valence-electron chi connectivity index (χ1n) is 7.02. The summed E-state index contributed by atoms with van der Waals surface area (Å²) in [5.41, 5.74) is 0.488. The largest absolute Gasteiger partial charge is 0.495 e. The zero-order chi connectivity index (χ0) is 15.5. The van der Waals surface area contributed by atoms with Crippen molar-refractivity contribution >= 4 is 15.9 Å². The summed E-state index contributed by atoms with van der Waals surface area (Å²) in [6.45, 7) is 0.284. The van der Waals surface area contributed by atoms with Gasteiger partial charge in [0.2, 0.25) is 0 Å². The molecule has 0 spiro atoms. The Balaban J connectivity index is 2.33. The van der Waals surface area contributed by atoms with Crippen LogP contribution in [0.15, 0.2) is 24.3 Å². The Morgan fingerprint density at radius 3 is 2.76 bits per heavy atom. The number of piperidine rings is 1. The van der Waals surface area contributed by atoms with E-state index in [1.54, 1.807) is 24.3 Å². The second-order valence-electron chi connectivity index (χ2n) is 5.09. The Morgan fingerprint density at radius 2 is 2.10 bits per heavy atom. The lowest BCUT2D eigenvalue weighted by atomic mass is 10.1. The normalized spacial score (nSPS) is 20.2. The maximum Gasteiger partial charge on any atom is 0.304 e. The van der Waals surface area contributed by atoms with E-state index >= 15 is 0 Å². The van der Waals surface area contributed by atoms with Gasteiger partial charge in [0.25, 0.3) is 0 Å². The van der Waals surface area contributed by atoms with Crippen LogP contribution in [-0.4, -0.2) is 51.2 Å². The van der Waals surface area contributed by atoms with Gasteiger partial charge in [0, 0.05) is 19.6 Å². The Labute approximate surface area is 126 Å². The molecule has 21 heavy (non-hydrogen) atoms. The van der Waals surface area contributed by atoms with Crippen LogP contribution in [0.1, 0.15) is 19.3 Å². The molecule has 0 radical (unpaired) electrons. The van der Waals surface area contributed by atoms with Crippen LogP contribution in [0, 0.1) is 0 Å². The minimum absolute atomic E-state index is 0.154. The average Bonchev–Trinajstić information content (AvgIpc) is 2.53. The fraction of sp³-hybridized carbons (Fsp3) is 0.571. The lowest BCUT2D eigenvalue weighted by Gasteiger charge is -2.36. The number of hydrogen-bond acceptors (Lipinski definition) is 4. The number of aliphatic hydroxyl groups excluding tert-OH is 1. The van der Waals surface area contributed by atoms with Gasteiger partial charge in [-0.2, -0.15) is 12.7 Å². The van der Waals surface area contributed by atoms with Crippen molar-refractivity contribution in [2.75, 3.05) is 31.6 Å². The molecule has 1 atom stereocenters. The lowest BCUT2D eigenvalue weighted by Crippen LogP contribution is -2.51. The molecule has 1 aliphatic heterocycles. The van der Waals surface area contributed by atoms with Crippen LogP contribution < -0.4 is 9.04 Å². The third-order valence-corrected chi connectivity index (χ3v) is 5.81. The van der Waals surface area contributed by atoms with Crippen molar-refractivity contribution in [3.63, 3.8) is 0 Å². The van der Waals surface area contributed by atoms with E-state index in [-0.39, 0.29) is 12.6 Å². The second-order valence-corrected chi connectivity index (χ2v) is 7.00. The zero-order valence-electron chi connectivity index (χ0n) is 12.4. The smallest absolute Gasteiger partial charge is 0.304 e. The monoisotopic (exact) mass is 314 g/mol. The highest BCUT2D eigenvalue weighted by atomic mass is 32.2. The molecular formula is C14H22N2O4S. The van der Waals surface area contributed by atoms with E-state index in [0.717, 1.165) is 12.8 Å². The standard InChI is InChI=1S/C14H22N2O4S/c1-15(13-8-3-4-9-14(13)20-2)21(18,19)16-10-6-5-7-12(16)11-17/h3-4,8-9,12,17H,5-7,10-11H2,1-2H3. The Hall–Kier alpha value is -1.31. The van der Waals surface area contributed by atoms with Crippen LogP contribution in [0.2, 0.25) is 0 Å². The Bertz CT molecular complexity index is 576. The lowest BCUT2D eigenvalue weighted by molar-refractivity contribution is 0.155. The molecule has 1 aromatic rings. The molecule has 2 rings (SSSR count). The van der Waals surface area contributed by atoms with E-state index in [1.807, 2.05) is 0 Å². The number of benzene rings is 1. The minimum atomic E-state index is -3.68. The van der Waals surface area contributed by atoms with E-state index in [1.165, 1.54) is 22.8 Å². The molecule has 6 nitrogen and oxygen atoms in total. The fourth-order valence-electron chi connectivity index (χ4n) is 2.63. The maximum atomic E-state index is 12.8. The number of rotatable bonds is 5. The van der Waals surface area contributed by atoms with Gasteiger partial charge in [-0.25, -0.2) is 0 Å². The van der Waals surface area contributed by atoms with Gasteiger partial charge in [-0.3, -0.25) is 4.31 Å². The summed E-state index contributed by atoms with van der Waals surface area (Å²) in [5.74, 6) is 0.501. The van der Waals surface area contributed by atoms with Crippen molar-refractivity contribution in [2.24, 2.45) is 0 Å². The topological polar surface area (TPSA) is 70.1 Å². The van der Waals surface area contributed by atoms with Crippen molar-refractivity contribution in [1.29, 1.82) is 0 Å². The summed E-state index contributed by atoms with van der Waals surface area (Å²) < 4.78 is 33.5. The predicted molar refractivity (Wildman–Crippen MR) is 81.7 cm³/mol. The van der Waals surface area contributed by atoms with Crippen LogP contribution in [0.3, 0.4) is 0 Å². The fourth-order valence-corrected chi connectivity index (χ4v) is 4.25. The Kier molecular flexibility index (Phi) is 5.08. The first-order chi connectivity index (χ1) is 10.0. The van der Waals surface area contributed by atoms with Crippen molar-refractivity contribution in [1.82, 2.24) is 4.31 Å². The molecule has 1 N–H and O–H groups in total. The highest BCUT2D eigenvalue weighted by molar-refractivity contribution is 7.90. The summed E-state index contributed by atoms with van der Waals surface area (Å²) in [4.78, 5) is 0. The molecule has 0 saturated carbocycles.